The maximum Gasteiger partial charge on any atom is 0.0773 e. The Morgan fingerprint density at radius 1 is 1.53 bits per heavy atom. The molecule has 0 aliphatic carbocycles. The molecule has 2 rings (SSSR count). The highest BCUT2D eigenvalue weighted by Gasteiger charge is 2.21. The van der Waals surface area contributed by atoms with Gasteiger partial charge in [0.05, 0.1) is 32.5 Å². The van der Waals surface area contributed by atoms with Gasteiger partial charge in [0.1, 0.15) is 0 Å². The minimum absolute atomic E-state index is 0.00333. The first-order valence-corrected chi connectivity index (χ1v) is 7.60. The molecule has 0 aliphatic heterocycles. The third-order valence-corrected chi connectivity index (χ3v) is 4.96. The van der Waals surface area contributed by atoms with E-state index in [2.05, 4.69) is 43.0 Å². The second-order valence-corrected chi connectivity index (χ2v) is 5.91. The molecule has 0 amide bonds. The Labute approximate surface area is 124 Å². The molecule has 0 aliphatic rings. The van der Waals surface area contributed by atoms with Crippen LogP contribution in [0.25, 0.3) is 0 Å². The Balaban J connectivity index is 2.29. The van der Waals surface area contributed by atoms with Crippen LogP contribution in [-0.2, 0) is 19.9 Å². The van der Waals surface area contributed by atoms with Gasteiger partial charge >= 0.3 is 0 Å². The fraction of sp³-hybridized carbons (Fsp3) is 0.545. The third-order valence-electron chi connectivity index (χ3n) is 3.10. The monoisotopic (exact) mass is 344 g/mol. The summed E-state index contributed by atoms with van der Waals surface area (Å²) >= 11 is 5.00. The van der Waals surface area contributed by atoms with E-state index in [0.717, 1.165) is 39.3 Å². The second-order valence-electron chi connectivity index (χ2n) is 4.33. The number of rotatable bonds is 5. The lowest BCUT2D eigenvalue weighted by Gasteiger charge is -2.14. The van der Waals surface area contributed by atoms with Crippen LogP contribution in [0.1, 0.15) is 34.9 Å². The number of nitrogens with one attached hydrogen (secondary N) is 1. The number of aryl methyl sites for hydroxylation is 3. The standard InChI is InChI=1S/C11H17BrN6S/c1-4-7-10(12)9(18(3)16-7)5-8(14-13)11-6(2)15-17-19-11/h8,14H,4-5,13H2,1-3H3. The zero-order chi connectivity index (χ0) is 14.0. The number of hydrazine groups is 1. The average molecular weight is 345 g/mol. The third kappa shape index (κ3) is 2.86. The zero-order valence-corrected chi connectivity index (χ0v) is 13.5. The summed E-state index contributed by atoms with van der Waals surface area (Å²) in [7, 11) is 1.95. The van der Waals surface area contributed by atoms with Crippen molar-refractivity contribution in [3.8, 4) is 0 Å². The Hall–Kier alpha value is -0.830. The molecule has 2 aromatic rings. The van der Waals surface area contributed by atoms with Crippen LogP contribution in [0, 0.1) is 6.92 Å². The van der Waals surface area contributed by atoms with E-state index in [4.69, 9.17) is 5.84 Å². The van der Waals surface area contributed by atoms with Crippen molar-refractivity contribution in [1.82, 2.24) is 24.8 Å². The molecule has 1 unspecified atom stereocenters. The van der Waals surface area contributed by atoms with Crippen molar-refractivity contribution in [2.45, 2.75) is 32.7 Å². The Kier molecular flexibility index (Phi) is 4.67. The Bertz CT molecular complexity index is 564. The number of nitrogens with zero attached hydrogens (tertiary/aromatic N) is 4. The highest BCUT2D eigenvalue weighted by molar-refractivity contribution is 9.10. The van der Waals surface area contributed by atoms with Crippen LogP contribution in [0.15, 0.2) is 4.47 Å². The predicted molar refractivity (Wildman–Crippen MR) is 78.7 cm³/mol. The SMILES string of the molecule is CCc1nn(C)c(CC(NN)c2snnc2C)c1Br. The summed E-state index contributed by atoms with van der Waals surface area (Å²) in [4.78, 5) is 1.06. The average Bonchev–Trinajstić information content (AvgIpc) is 2.93. The Morgan fingerprint density at radius 2 is 2.26 bits per heavy atom. The first kappa shape index (κ1) is 14.6. The van der Waals surface area contributed by atoms with Crippen molar-refractivity contribution in [2.24, 2.45) is 12.9 Å². The van der Waals surface area contributed by atoms with Gasteiger partial charge in [-0.15, -0.1) is 5.10 Å². The summed E-state index contributed by atoms with van der Waals surface area (Å²) in [6.45, 7) is 4.03. The lowest BCUT2D eigenvalue weighted by molar-refractivity contribution is 0.533. The van der Waals surface area contributed by atoms with E-state index in [0.29, 0.717) is 0 Å². The van der Waals surface area contributed by atoms with Crippen LogP contribution in [-0.4, -0.2) is 19.4 Å². The zero-order valence-electron chi connectivity index (χ0n) is 11.1. The summed E-state index contributed by atoms with van der Waals surface area (Å²) in [6.07, 6.45) is 1.64. The van der Waals surface area contributed by atoms with Gasteiger partial charge in [0.2, 0.25) is 0 Å². The molecule has 3 N–H and O–H groups in total. The van der Waals surface area contributed by atoms with Gasteiger partial charge in [-0.2, -0.15) is 5.10 Å². The number of aromatic nitrogens is 4. The molecule has 0 saturated carbocycles. The number of halogens is 1. The maximum absolute atomic E-state index is 5.68. The number of hydrogen-bond donors (Lipinski definition) is 2. The van der Waals surface area contributed by atoms with Crippen LogP contribution >= 0.6 is 27.5 Å². The smallest absolute Gasteiger partial charge is 0.0773 e. The largest absolute Gasteiger partial charge is 0.271 e. The normalized spacial score (nSPS) is 12.9. The molecule has 0 bridgehead atoms. The number of hydrogen-bond acceptors (Lipinski definition) is 6. The summed E-state index contributed by atoms with van der Waals surface area (Å²) in [6, 6.07) is -0.00333. The molecule has 2 heterocycles. The van der Waals surface area contributed by atoms with E-state index in [9.17, 15) is 0 Å². The molecule has 0 saturated heterocycles. The molecule has 0 spiro atoms. The van der Waals surface area contributed by atoms with Crippen molar-refractivity contribution >= 4 is 27.5 Å². The summed E-state index contributed by atoms with van der Waals surface area (Å²) in [5.74, 6) is 5.68. The van der Waals surface area contributed by atoms with Crippen LogP contribution in [0.4, 0.5) is 0 Å². The molecule has 0 fully saturated rings. The molecule has 2 aromatic heterocycles. The molecule has 8 heteroatoms. The van der Waals surface area contributed by atoms with E-state index >= 15 is 0 Å². The lowest BCUT2D eigenvalue weighted by atomic mass is 10.1. The fourth-order valence-corrected chi connectivity index (χ4v) is 3.50. The van der Waals surface area contributed by atoms with Gasteiger partial charge in [-0.3, -0.25) is 16.0 Å². The van der Waals surface area contributed by atoms with Crippen LogP contribution in [0.2, 0.25) is 0 Å². The van der Waals surface area contributed by atoms with Gasteiger partial charge < -0.3 is 0 Å². The highest BCUT2D eigenvalue weighted by Crippen LogP contribution is 2.28. The summed E-state index contributed by atoms with van der Waals surface area (Å²) in [5, 5.41) is 8.53. The molecule has 19 heavy (non-hydrogen) atoms. The van der Waals surface area contributed by atoms with Gasteiger partial charge in [0, 0.05) is 13.5 Å². The maximum atomic E-state index is 5.68. The van der Waals surface area contributed by atoms with Gasteiger partial charge in [0.25, 0.3) is 0 Å². The summed E-state index contributed by atoms with van der Waals surface area (Å²) < 4.78 is 6.92. The molecule has 1 atom stereocenters. The van der Waals surface area contributed by atoms with E-state index in [-0.39, 0.29) is 6.04 Å². The molecule has 6 nitrogen and oxygen atoms in total. The van der Waals surface area contributed by atoms with Gasteiger partial charge in [-0.25, -0.2) is 0 Å². The van der Waals surface area contributed by atoms with E-state index in [1.54, 1.807) is 0 Å². The van der Waals surface area contributed by atoms with Crippen molar-refractivity contribution in [3.63, 3.8) is 0 Å². The molecule has 0 radical (unpaired) electrons. The van der Waals surface area contributed by atoms with Crippen molar-refractivity contribution in [1.29, 1.82) is 0 Å². The number of nitrogens with two attached hydrogens (primary N) is 1. The van der Waals surface area contributed by atoms with Crippen molar-refractivity contribution in [2.75, 3.05) is 0 Å². The van der Waals surface area contributed by atoms with Gasteiger partial charge in [0.15, 0.2) is 0 Å². The molecule has 0 aromatic carbocycles. The van der Waals surface area contributed by atoms with E-state index < -0.39 is 0 Å². The van der Waals surface area contributed by atoms with Crippen LogP contribution in [0.3, 0.4) is 0 Å². The van der Waals surface area contributed by atoms with Gasteiger partial charge in [-0.1, -0.05) is 11.4 Å². The van der Waals surface area contributed by atoms with Crippen LogP contribution in [0.5, 0.6) is 0 Å². The summed E-state index contributed by atoms with van der Waals surface area (Å²) in [5.41, 5.74) is 5.94. The Morgan fingerprint density at radius 3 is 2.74 bits per heavy atom. The molecular formula is C11H17BrN6S. The second kappa shape index (κ2) is 6.08. The fourth-order valence-electron chi connectivity index (χ4n) is 2.02. The van der Waals surface area contributed by atoms with Gasteiger partial charge in [-0.05, 0) is 40.8 Å². The molecule has 104 valence electrons. The predicted octanol–water partition coefficient (Wildman–Crippen LogP) is 1.65. The highest BCUT2D eigenvalue weighted by atomic mass is 79.9. The van der Waals surface area contributed by atoms with Crippen molar-refractivity contribution < 1.29 is 0 Å². The first-order chi connectivity index (χ1) is 9.08. The van der Waals surface area contributed by atoms with Crippen molar-refractivity contribution in [3.05, 3.63) is 26.4 Å². The first-order valence-electron chi connectivity index (χ1n) is 6.03. The minimum Gasteiger partial charge on any atom is -0.271 e. The quantitative estimate of drug-likeness (QED) is 0.636. The van der Waals surface area contributed by atoms with Crippen LogP contribution < -0.4 is 11.3 Å². The minimum atomic E-state index is -0.00333. The van der Waals surface area contributed by atoms with E-state index in [1.807, 2.05) is 18.7 Å². The van der Waals surface area contributed by atoms with E-state index in [1.165, 1.54) is 11.5 Å². The lowest BCUT2D eigenvalue weighted by Crippen LogP contribution is -2.30. The molecular weight excluding hydrogens is 328 g/mol. The topological polar surface area (TPSA) is 81.7 Å².